The van der Waals surface area contributed by atoms with Crippen molar-refractivity contribution in [1.29, 1.82) is 0 Å². The minimum absolute atomic E-state index is 0. The molecule has 32 heteroatoms. The van der Waals surface area contributed by atoms with Crippen LogP contribution >= 0.6 is 0 Å². The van der Waals surface area contributed by atoms with E-state index in [0.29, 0.717) is 0 Å². The maximum Gasteiger partial charge on any atom is 0.460 e. The predicted octanol–water partition coefficient (Wildman–Crippen LogP) is 9.37. The van der Waals surface area contributed by atoms with Crippen molar-refractivity contribution in [3.05, 3.63) is 0 Å². The largest absolute Gasteiger partial charge is 0.460 e. The van der Waals surface area contributed by atoms with Crippen molar-refractivity contribution < 1.29 is 136 Å². The quantitative estimate of drug-likeness (QED) is 0.158. The molecule has 0 amide bonds. The molecule has 0 bridgehead atoms. The molecule has 0 atom stereocenters. The average Bonchev–Trinajstić information content (AvgIpc) is 2.80. The van der Waals surface area contributed by atoms with E-state index in [1.807, 2.05) is 0 Å². The molecule has 0 aromatic rings. The Kier molecular flexibility index (Phi) is 13.6. The van der Waals surface area contributed by atoms with Crippen LogP contribution in [0.5, 0.6) is 0 Å². The molecular weight excluding hydrogens is 911 g/mol. The molecule has 0 saturated carbocycles. The topological polar surface area (TPSA) is 9.23 Å². The van der Waals surface area contributed by atoms with Crippen LogP contribution in [0, 0.1) is 0 Å². The van der Waals surface area contributed by atoms with Gasteiger partial charge in [-0.25, -0.2) is 0 Å². The minimum atomic E-state index is -8.99. The first-order valence-corrected chi connectivity index (χ1v) is 9.95. The van der Waals surface area contributed by atoms with Crippen LogP contribution in [0.2, 0.25) is 0 Å². The Hall–Kier alpha value is -0.0881. The third-order valence-corrected chi connectivity index (χ3v) is 5.35. The van der Waals surface area contributed by atoms with Gasteiger partial charge in [-0.1, -0.05) is 0 Å². The average molecular weight is 915 g/mol. The first kappa shape index (κ1) is 50.0. The van der Waals surface area contributed by atoms with Gasteiger partial charge in [-0.2, -0.15) is 132 Å². The maximum atomic E-state index is 13.5. The summed E-state index contributed by atoms with van der Waals surface area (Å²) in [7, 11) is 0. The van der Waals surface area contributed by atoms with Crippen LogP contribution in [-0.4, -0.2) is 166 Å². The third-order valence-electron chi connectivity index (χ3n) is 5.35. The molecule has 0 spiro atoms. The van der Waals surface area contributed by atoms with Crippen molar-refractivity contribution in [2.75, 3.05) is 13.2 Å². The van der Waals surface area contributed by atoms with E-state index in [1.165, 1.54) is 0 Å². The minimum Gasteiger partial charge on any atom is -0.368 e. The van der Waals surface area contributed by atoms with Crippen molar-refractivity contribution in [1.82, 2.24) is 0 Å². The molecule has 285 valence electrons. The van der Waals surface area contributed by atoms with E-state index in [-0.39, 0.29) is 68.9 Å². The Morgan fingerprint density at radius 1 is 0.229 bits per heavy atom. The van der Waals surface area contributed by atoms with Gasteiger partial charge in [-0.15, -0.1) is 0 Å². The number of halogens is 30. The second-order valence-corrected chi connectivity index (χ2v) is 8.64. The van der Waals surface area contributed by atoms with Crippen molar-refractivity contribution in [3.63, 3.8) is 0 Å². The zero-order valence-corrected chi connectivity index (χ0v) is 27.4. The first-order valence-electron chi connectivity index (χ1n) is 9.95. The van der Waals surface area contributed by atoms with E-state index >= 15 is 0 Å². The van der Waals surface area contributed by atoms with E-state index in [0.717, 1.165) is 0 Å². The summed E-state index contributed by atoms with van der Waals surface area (Å²) in [6, 6.07) is 0. The van der Waals surface area contributed by atoms with Crippen LogP contribution in [0.15, 0.2) is 0 Å². The third kappa shape index (κ3) is 6.89. The molecule has 0 saturated heterocycles. The summed E-state index contributed by atoms with van der Waals surface area (Å²) in [5, 5.41) is 0. The second kappa shape index (κ2) is 13.1. The fraction of sp³-hybridized carbons (Fsp3) is 1.00. The smallest absolute Gasteiger partial charge is 0.368 e. The van der Waals surface area contributed by atoms with Crippen molar-refractivity contribution in [3.8, 4) is 0 Å². The molecule has 0 N–H and O–H groups in total. The van der Waals surface area contributed by atoms with Gasteiger partial charge in [0.15, 0.2) is 0 Å². The van der Waals surface area contributed by atoms with E-state index in [4.69, 9.17) is 0 Å². The summed E-state index contributed by atoms with van der Waals surface area (Å²) in [5.74, 6) is -103. The predicted molar refractivity (Wildman–Crippen MR) is 88.0 cm³/mol. The summed E-state index contributed by atoms with van der Waals surface area (Å²) < 4.78 is 392. The first-order chi connectivity index (χ1) is 19.7. The fourth-order valence-electron chi connectivity index (χ4n) is 2.49. The van der Waals surface area contributed by atoms with Crippen molar-refractivity contribution >= 4 is 68.9 Å². The summed E-state index contributed by atoms with van der Waals surface area (Å²) in [6.45, 7) is -8.94. The molecule has 48 heavy (non-hydrogen) atoms. The Balaban J connectivity index is 0. The van der Waals surface area contributed by atoms with Crippen LogP contribution < -0.4 is 0 Å². The number of hydrogen-bond acceptors (Lipinski definition) is 1. The van der Waals surface area contributed by atoms with Crippen LogP contribution in [0.1, 0.15) is 0 Å². The van der Waals surface area contributed by atoms with Gasteiger partial charge in [0, 0.05) is 68.9 Å². The Morgan fingerprint density at radius 2 is 0.375 bits per heavy atom. The van der Waals surface area contributed by atoms with E-state index < -0.39 is 96.6 Å². The van der Waals surface area contributed by atoms with E-state index in [2.05, 4.69) is 4.74 Å². The number of hydrogen-bond donors (Lipinski definition) is 0. The van der Waals surface area contributed by atoms with Crippen molar-refractivity contribution in [2.45, 2.75) is 83.4 Å². The molecule has 0 unspecified atom stereocenters. The van der Waals surface area contributed by atoms with Crippen LogP contribution in [0.3, 0.4) is 0 Å². The van der Waals surface area contributed by atoms with Gasteiger partial charge >= 0.3 is 83.4 Å². The molecule has 0 aromatic heterocycles. The number of alkyl halides is 30. The van der Waals surface area contributed by atoms with Gasteiger partial charge < -0.3 is 4.74 Å². The Morgan fingerprint density at radius 3 is 0.542 bits per heavy atom. The summed E-state index contributed by atoms with van der Waals surface area (Å²) in [5.41, 5.74) is 0. The SMILES string of the molecule is FC(F)(F)C(F)(F)C(F)(F)C(F)(F)C(F)(F)C(F)(F)C(F)(F)COCC(F)(F)C(F)(F)C(F)(F)C(F)(F)C(F)(F)C(F)(F)C(F)(F)F.[Cs]. The fourth-order valence-corrected chi connectivity index (χ4v) is 2.49. The summed E-state index contributed by atoms with van der Waals surface area (Å²) >= 11 is 0. The summed E-state index contributed by atoms with van der Waals surface area (Å²) in [4.78, 5) is 0. The van der Waals surface area contributed by atoms with Gasteiger partial charge in [-0.05, 0) is 0 Å². The normalized spacial score (nSPS) is 16.6. The Labute approximate surface area is 300 Å². The molecule has 0 aromatic carbocycles. The monoisotopic (exact) mass is 915 g/mol. The van der Waals surface area contributed by atoms with Crippen molar-refractivity contribution in [2.24, 2.45) is 0 Å². The van der Waals surface area contributed by atoms with Gasteiger partial charge in [0.2, 0.25) is 0 Å². The zero-order valence-electron chi connectivity index (χ0n) is 21.2. The molecule has 0 fully saturated rings. The molecule has 1 radical (unpaired) electrons. The van der Waals surface area contributed by atoms with E-state index in [1.54, 1.807) is 0 Å². The van der Waals surface area contributed by atoms with Crippen LogP contribution in [0.25, 0.3) is 0 Å². The number of rotatable bonds is 14. The van der Waals surface area contributed by atoms with E-state index in [9.17, 15) is 132 Å². The van der Waals surface area contributed by atoms with Gasteiger partial charge in [-0.3, -0.25) is 0 Å². The zero-order chi connectivity index (χ0) is 39.1. The molecule has 0 heterocycles. The van der Waals surface area contributed by atoms with Gasteiger partial charge in [0.1, 0.15) is 13.2 Å². The molecule has 0 aliphatic heterocycles. The Bertz CT molecular complexity index is 1020. The molecular formula is C16H4CsF30O. The number of ether oxygens (including phenoxy) is 1. The molecule has 0 aliphatic rings. The van der Waals surface area contributed by atoms with Gasteiger partial charge in [0.05, 0.1) is 0 Å². The second-order valence-electron chi connectivity index (χ2n) is 8.64. The molecule has 1 nitrogen and oxygen atoms in total. The maximum absolute atomic E-state index is 13.5. The summed E-state index contributed by atoms with van der Waals surface area (Å²) in [6.07, 6.45) is -16.1. The van der Waals surface area contributed by atoms with Gasteiger partial charge in [0.25, 0.3) is 0 Å². The molecule has 0 aliphatic carbocycles. The standard InChI is InChI=1S/C16H4F30O.Cs/c17-3(18,5(21,22)7(25,26)9(29,30)11(33,34)13(37,38)15(41,42)43)1-47-2-4(19,20)6(23,24)8(27,28)10(31,32)12(35,36)14(39,40)16(44,45)46;/h1-2H2;. The van der Waals surface area contributed by atoms with Crippen LogP contribution in [0.4, 0.5) is 132 Å². The van der Waals surface area contributed by atoms with Crippen LogP contribution in [-0.2, 0) is 4.74 Å². The molecule has 0 rings (SSSR count).